The van der Waals surface area contributed by atoms with E-state index in [9.17, 15) is 0 Å². The first-order valence-electron chi connectivity index (χ1n) is 17.8. The number of rotatable bonds is 24. The molecular weight excluding hydrogens is 464 g/mol. The minimum Gasteiger partial charge on any atom is -0.162 e. The number of thioether (sulfide) groups is 1. The summed E-state index contributed by atoms with van der Waals surface area (Å²) in [6, 6.07) is 0. The van der Waals surface area contributed by atoms with Crippen molar-refractivity contribution in [3.63, 3.8) is 0 Å². The standard InChI is InChI=1S/C36H70S/c1-33-25-19-21-29-35(33)27-17-13-9-5-3-7-11-15-23-31-37-32-24-16-12-8-4-6-10-14-18-28-36-30-22-20-26-34(36)2/h33-36H,3-32H2,1-2H3. The summed E-state index contributed by atoms with van der Waals surface area (Å²) in [6.07, 6.45) is 41.9. The van der Waals surface area contributed by atoms with E-state index in [0.29, 0.717) is 0 Å². The van der Waals surface area contributed by atoms with Crippen molar-refractivity contribution in [2.24, 2.45) is 23.7 Å². The highest BCUT2D eigenvalue weighted by molar-refractivity contribution is 7.99. The van der Waals surface area contributed by atoms with Crippen molar-refractivity contribution in [3.8, 4) is 0 Å². The second-order valence-electron chi connectivity index (χ2n) is 13.6. The van der Waals surface area contributed by atoms with Crippen LogP contribution in [0.3, 0.4) is 0 Å². The Hall–Kier alpha value is 0.350. The maximum Gasteiger partial charge on any atom is -0.00675 e. The smallest absolute Gasteiger partial charge is 0.00675 e. The van der Waals surface area contributed by atoms with Crippen LogP contribution in [-0.4, -0.2) is 11.5 Å². The molecule has 4 atom stereocenters. The van der Waals surface area contributed by atoms with Gasteiger partial charge in [-0.05, 0) is 48.0 Å². The molecule has 2 rings (SSSR count). The van der Waals surface area contributed by atoms with E-state index in [1.54, 1.807) is 0 Å². The molecule has 37 heavy (non-hydrogen) atoms. The maximum absolute atomic E-state index is 2.50. The van der Waals surface area contributed by atoms with E-state index in [0.717, 1.165) is 23.7 Å². The molecule has 2 fully saturated rings. The first-order chi connectivity index (χ1) is 18.3. The van der Waals surface area contributed by atoms with Crippen molar-refractivity contribution >= 4 is 11.8 Å². The summed E-state index contributed by atoms with van der Waals surface area (Å²) in [6.45, 7) is 5.01. The summed E-state index contributed by atoms with van der Waals surface area (Å²) < 4.78 is 0. The van der Waals surface area contributed by atoms with Gasteiger partial charge in [0, 0.05) is 0 Å². The Kier molecular flexibility index (Phi) is 21.9. The lowest BCUT2D eigenvalue weighted by Crippen LogP contribution is -2.16. The zero-order valence-corrected chi connectivity index (χ0v) is 26.7. The van der Waals surface area contributed by atoms with Gasteiger partial charge in [0.1, 0.15) is 0 Å². The van der Waals surface area contributed by atoms with Gasteiger partial charge in [-0.3, -0.25) is 0 Å². The fraction of sp³-hybridized carbons (Fsp3) is 1.00. The van der Waals surface area contributed by atoms with Gasteiger partial charge in [-0.15, -0.1) is 0 Å². The lowest BCUT2D eigenvalue weighted by atomic mass is 9.78. The van der Waals surface area contributed by atoms with E-state index in [1.807, 2.05) is 0 Å². The topological polar surface area (TPSA) is 0 Å². The monoisotopic (exact) mass is 535 g/mol. The van der Waals surface area contributed by atoms with Crippen molar-refractivity contribution in [3.05, 3.63) is 0 Å². The first-order valence-corrected chi connectivity index (χ1v) is 19.0. The van der Waals surface area contributed by atoms with Crippen molar-refractivity contribution in [2.45, 2.75) is 194 Å². The molecular formula is C36H70S. The molecule has 2 aliphatic carbocycles. The van der Waals surface area contributed by atoms with Gasteiger partial charge in [-0.25, -0.2) is 0 Å². The van der Waals surface area contributed by atoms with Gasteiger partial charge in [0.25, 0.3) is 0 Å². The van der Waals surface area contributed by atoms with Crippen LogP contribution in [-0.2, 0) is 0 Å². The van der Waals surface area contributed by atoms with Crippen LogP contribution in [0.5, 0.6) is 0 Å². The Morgan fingerprint density at radius 1 is 0.378 bits per heavy atom. The Bertz CT molecular complexity index is 431. The summed E-state index contributed by atoms with van der Waals surface area (Å²) in [4.78, 5) is 0. The molecule has 0 N–H and O–H groups in total. The Morgan fingerprint density at radius 3 is 1.03 bits per heavy atom. The van der Waals surface area contributed by atoms with Crippen LogP contribution in [0.4, 0.5) is 0 Å². The number of hydrogen-bond acceptors (Lipinski definition) is 1. The van der Waals surface area contributed by atoms with Crippen LogP contribution in [0.1, 0.15) is 194 Å². The van der Waals surface area contributed by atoms with Gasteiger partial charge in [-0.1, -0.05) is 181 Å². The first kappa shape index (κ1) is 33.6. The third-order valence-electron chi connectivity index (χ3n) is 10.3. The minimum atomic E-state index is 1.01. The third-order valence-corrected chi connectivity index (χ3v) is 11.5. The SMILES string of the molecule is CC1CCCCC1CCCCCCCCCCCSCCCCCCCCCCCC1CCCCC1C. The van der Waals surface area contributed by atoms with E-state index in [-0.39, 0.29) is 0 Å². The van der Waals surface area contributed by atoms with Crippen LogP contribution in [0.25, 0.3) is 0 Å². The Balaban J connectivity index is 1.18. The fourth-order valence-corrected chi connectivity index (χ4v) is 8.46. The zero-order chi connectivity index (χ0) is 26.2. The van der Waals surface area contributed by atoms with E-state index < -0.39 is 0 Å². The summed E-state index contributed by atoms with van der Waals surface area (Å²) >= 11 is 2.23. The van der Waals surface area contributed by atoms with Crippen LogP contribution in [0, 0.1) is 23.7 Å². The summed E-state index contributed by atoms with van der Waals surface area (Å²) in [5, 5.41) is 0. The average molecular weight is 535 g/mol. The van der Waals surface area contributed by atoms with E-state index in [1.165, 1.54) is 191 Å². The van der Waals surface area contributed by atoms with Crippen molar-refractivity contribution in [2.75, 3.05) is 11.5 Å². The Labute approximate surface area is 240 Å². The number of unbranched alkanes of at least 4 members (excludes halogenated alkanes) is 16. The Morgan fingerprint density at radius 2 is 0.676 bits per heavy atom. The molecule has 0 aromatic heterocycles. The van der Waals surface area contributed by atoms with Crippen molar-refractivity contribution in [1.29, 1.82) is 0 Å². The third kappa shape index (κ3) is 18.3. The molecule has 0 aromatic carbocycles. The van der Waals surface area contributed by atoms with Gasteiger partial charge in [0.05, 0.1) is 0 Å². The molecule has 0 radical (unpaired) electrons. The molecule has 0 heterocycles. The van der Waals surface area contributed by atoms with Gasteiger partial charge in [0.2, 0.25) is 0 Å². The second-order valence-corrected chi connectivity index (χ2v) is 14.8. The summed E-state index contributed by atoms with van der Waals surface area (Å²) in [5.41, 5.74) is 0. The molecule has 4 unspecified atom stereocenters. The van der Waals surface area contributed by atoms with Crippen molar-refractivity contribution < 1.29 is 0 Å². The minimum absolute atomic E-state index is 1.01. The van der Waals surface area contributed by atoms with Crippen LogP contribution in [0.15, 0.2) is 0 Å². The van der Waals surface area contributed by atoms with E-state index >= 15 is 0 Å². The van der Waals surface area contributed by atoms with Gasteiger partial charge in [-0.2, -0.15) is 11.8 Å². The molecule has 0 saturated heterocycles. The molecule has 0 spiro atoms. The normalized spacial score (nSPS) is 24.5. The van der Waals surface area contributed by atoms with E-state index in [2.05, 4.69) is 25.6 Å². The molecule has 0 aliphatic heterocycles. The highest BCUT2D eigenvalue weighted by Crippen LogP contribution is 2.34. The predicted molar refractivity (Wildman–Crippen MR) is 172 cm³/mol. The second kappa shape index (κ2) is 24.2. The van der Waals surface area contributed by atoms with Crippen LogP contribution < -0.4 is 0 Å². The van der Waals surface area contributed by atoms with Gasteiger partial charge >= 0.3 is 0 Å². The van der Waals surface area contributed by atoms with Crippen molar-refractivity contribution in [1.82, 2.24) is 0 Å². The molecule has 0 bridgehead atoms. The highest BCUT2D eigenvalue weighted by atomic mass is 32.2. The highest BCUT2D eigenvalue weighted by Gasteiger charge is 2.21. The molecule has 2 aliphatic rings. The lowest BCUT2D eigenvalue weighted by Gasteiger charge is -2.28. The molecule has 220 valence electrons. The average Bonchev–Trinajstić information content (AvgIpc) is 2.91. The van der Waals surface area contributed by atoms with E-state index in [4.69, 9.17) is 0 Å². The van der Waals surface area contributed by atoms with Gasteiger partial charge in [0.15, 0.2) is 0 Å². The summed E-state index contributed by atoms with van der Waals surface area (Å²) in [5.74, 6) is 6.99. The maximum atomic E-state index is 2.50. The van der Waals surface area contributed by atoms with Crippen LogP contribution in [0.2, 0.25) is 0 Å². The largest absolute Gasteiger partial charge is 0.162 e. The molecule has 0 amide bonds. The predicted octanol–water partition coefficient (Wildman–Crippen LogP) is 13.2. The molecule has 2 saturated carbocycles. The summed E-state index contributed by atoms with van der Waals surface area (Å²) in [7, 11) is 0. The molecule has 0 aromatic rings. The molecule has 0 nitrogen and oxygen atoms in total. The number of hydrogen-bond donors (Lipinski definition) is 0. The fourth-order valence-electron chi connectivity index (χ4n) is 7.44. The van der Waals surface area contributed by atoms with Gasteiger partial charge < -0.3 is 0 Å². The quantitative estimate of drug-likeness (QED) is 0.111. The zero-order valence-electron chi connectivity index (χ0n) is 25.9. The molecule has 1 heteroatoms. The van der Waals surface area contributed by atoms with Crippen LogP contribution >= 0.6 is 11.8 Å². The lowest BCUT2D eigenvalue weighted by molar-refractivity contribution is 0.236.